The predicted molar refractivity (Wildman–Crippen MR) is 105 cm³/mol. The van der Waals surface area contributed by atoms with Crippen LogP contribution in [-0.2, 0) is 4.79 Å². The van der Waals surface area contributed by atoms with E-state index in [-0.39, 0.29) is 12.0 Å². The van der Waals surface area contributed by atoms with Crippen LogP contribution in [0.5, 0.6) is 5.75 Å². The zero-order valence-corrected chi connectivity index (χ0v) is 16.2. The van der Waals surface area contributed by atoms with E-state index < -0.39 is 12.1 Å². The molecule has 2 fully saturated rings. The van der Waals surface area contributed by atoms with Gasteiger partial charge in [-0.15, -0.1) is 0 Å². The Morgan fingerprint density at radius 1 is 1.29 bits per heavy atom. The molecule has 1 amide bonds. The quantitative estimate of drug-likeness (QED) is 0.828. The molecule has 1 aliphatic carbocycles. The maximum absolute atomic E-state index is 13.2. The number of piperidine rings is 1. The first-order valence-corrected chi connectivity index (χ1v) is 9.78. The lowest BCUT2D eigenvalue weighted by Gasteiger charge is -2.26. The highest BCUT2D eigenvalue weighted by molar-refractivity contribution is 5.95. The van der Waals surface area contributed by atoms with Gasteiger partial charge in [0.25, 0.3) is 0 Å². The van der Waals surface area contributed by atoms with Crippen molar-refractivity contribution < 1.29 is 13.9 Å². The van der Waals surface area contributed by atoms with E-state index in [0.29, 0.717) is 12.1 Å². The summed E-state index contributed by atoms with van der Waals surface area (Å²) < 4.78 is 19.5. The third-order valence-corrected chi connectivity index (χ3v) is 5.34. The number of aromatic nitrogens is 2. The second-order valence-electron chi connectivity index (χ2n) is 7.56. The molecule has 0 unspecified atom stereocenters. The molecule has 148 valence electrons. The molecule has 2 heterocycles. The van der Waals surface area contributed by atoms with E-state index in [1.807, 2.05) is 26.0 Å². The van der Waals surface area contributed by atoms with E-state index >= 15 is 0 Å². The van der Waals surface area contributed by atoms with Crippen molar-refractivity contribution in [2.45, 2.75) is 45.4 Å². The minimum absolute atomic E-state index is 0.0944. The lowest BCUT2D eigenvalue weighted by Crippen LogP contribution is -2.37. The lowest BCUT2D eigenvalue weighted by molar-refractivity contribution is -0.117. The number of carbonyl (C=O) groups excluding carboxylic acids is 1. The zero-order chi connectivity index (χ0) is 19.7. The Balaban J connectivity index is 1.67. The molecule has 1 aliphatic heterocycles. The maximum Gasteiger partial charge on any atom is 0.230 e. The topological polar surface area (TPSA) is 76.1 Å². The van der Waals surface area contributed by atoms with Gasteiger partial charge >= 0.3 is 0 Å². The number of nitrogens with zero attached hydrogens (tertiary/aromatic N) is 2. The van der Waals surface area contributed by atoms with Gasteiger partial charge in [0, 0.05) is 34.7 Å². The van der Waals surface area contributed by atoms with Crippen LogP contribution in [0.1, 0.15) is 30.7 Å². The molecule has 0 bridgehead atoms. The SMILES string of the molecule is Cc1ncnc(C)c1-c1cc(NC(=O)[C@H]2C[C@H]2F)ccc1O[C@@H]1CCCNC1. The number of benzene rings is 1. The third-order valence-electron chi connectivity index (χ3n) is 5.34. The van der Waals surface area contributed by atoms with E-state index in [4.69, 9.17) is 4.74 Å². The van der Waals surface area contributed by atoms with Gasteiger partial charge in [-0.1, -0.05) is 0 Å². The Labute approximate surface area is 163 Å². The minimum atomic E-state index is -1.02. The molecular weight excluding hydrogens is 359 g/mol. The van der Waals surface area contributed by atoms with Gasteiger partial charge in [-0.3, -0.25) is 4.79 Å². The van der Waals surface area contributed by atoms with Crippen molar-refractivity contribution in [3.63, 3.8) is 0 Å². The van der Waals surface area contributed by atoms with Gasteiger partial charge in [0.2, 0.25) is 5.91 Å². The highest BCUT2D eigenvalue weighted by Gasteiger charge is 2.43. The van der Waals surface area contributed by atoms with Gasteiger partial charge in [-0.25, -0.2) is 14.4 Å². The Bertz CT molecular complexity index is 862. The van der Waals surface area contributed by atoms with Crippen LogP contribution < -0.4 is 15.4 Å². The summed E-state index contributed by atoms with van der Waals surface area (Å²) in [4.78, 5) is 20.8. The summed E-state index contributed by atoms with van der Waals surface area (Å²) in [6.07, 6.45) is 2.99. The van der Waals surface area contributed by atoms with Crippen LogP contribution in [0.3, 0.4) is 0 Å². The van der Waals surface area contributed by atoms with Crippen LogP contribution in [0, 0.1) is 19.8 Å². The standard InChI is InChI=1S/C21H25FN4O2/c1-12-20(13(2)25-11-24-12)17-8-14(26-21(27)16-9-18(16)22)5-6-19(17)28-15-4-3-7-23-10-15/h5-6,8,11,15-16,18,23H,3-4,7,9-10H2,1-2H3,(H,26,27)/t15-,16+,18-/m1/s1. The molecule has 1 saturated carbocycles. The Kier molecular flexibility index (Phi) is 5.26. The summed E-state index contributed by atoms with van der Waals surface area (Å²) >= 11 is 0. The van der Waals surface area contributed by atoms with Gasteiger partial charge in [0.05, 0.1) is 5.92 Å². The molecule has 28 heavy (non-hydrogen) atoms. The number of alkyl halides is 1. The van der Waals surface area contributed by atoms with Gasteiger partial charge in [-0.2, -0.15) is 0 Å². The highest BCUT2D eigenvalue weighted by atomic mass is 19.1. The molecule has 1 aromatic carbocycles. The highest BCUT2D eigenvalue weighted by Crippen LogP contribution is 2.38. The Morgan fingerprint density at radius 3 is 2.68 bits per heavy atom. The third kappa shape index (κ3) is 3.99. The van der Waals surface area contributed by atoms with E-state index in [1.54, 1.807) is 12.4 Å². The number of hydrogen-bond donors (Lipinski definition) is 2. The van der Waals surface area contributed by atoms with Crippen molar-refractivity contribution in [2.24, 2.45) is 5.92 Å². The molecular formula is C21H25FN4O2. The van der Waals surface area contributed by atoms with Crippen molar-refractivity contribution in [2.75, 3.05) is 18.4 Å². The normalized spacial score (nSPS) is 23.9. The van der Waals surface area contributed by atoms with Crippen LogP contribution in [0.25, 0.3) is 11.1 Å². The second kappa shape index (κ2) is 7.83. The molecule has 3 atom stereocenters. The fraction of sp³-hybridized carbons (Fsp3) is 0.476. The number of rotatable bonds is 5. The van der Waals surface area contributed by atoms with Crippen molar-refractivity contribution in [3.8, 4) is 16.9 Å². The molecule has 2 N–H and O–H groups in total. The molecule has 0 spiro atoms. The Morgan fingerprint density at radius 2 is 2.04 bits per heavy atom. The first kappa shape index (κ1) is 18.8. The number of ether oxygens (including phenoxy) is 1. The number of hydrogen-bond acceptors (Lipinski definition) is 5. The average Bonchev–Trinajstić information content (AvgIpc) is 3.41. The lowest BCUT2D eigenvalue weighted by atomic mass is 10.0. The van der Waals surface area contributed by atoms with Crippen LogP contribution in [0.4, 0.5) is 10.1 Å². The second-order valence-corrected chi connectivity index (χ2v) is 7.56. The number of halogens is 1. The molecule has 6 nitrogen and oxygen atoms in total. The molecule has 0 radical (unpaired) electrons. The van der Waals surface area contributed by atoms with Crippen molar-refractivity contribution in [3.05, 3.63) is 35.9 Å². The van der Waals surface area contributed by atoms with Crippen molar-refractivity contribution >= 4 is 11.6 Å². The van der Waals surface area contributed by atoms with Gasteiger partial charge in [0.15, 0.2) is 0 Å². The largest absolute Gasteiger partial charge is 0.488 e. The summed E-state index contributed by atoms with van der Waals surface area (Å²) in [5.41, 5.74) is 4.04. The zero-order valence-electron chi connectivity index (χ0n) is 16.2. The minimum Gasteiger partial charge on any atom is -0.488 e. The van der Waals surface area contributed by atoms with Crippen LogP contribution in [-0.4, -0.2) is 41.2 Å². The monoisotopic (exact) mass is 384 g/mol. The summed E-state index contributed by atoms with van der Waals surface area (Å²) in [6, 6.07) is 5.54. The molecule has 4 rings (SSSR count). The van der Waals surface area contributed by atoms with E-state index in [1.165, 1.54) is 0 Å². The summed E-state index contributed by atoms with van der Waals surface area (Å²) in [5, 5.41) is 6.18. The number of nitrogens with one attached hydrogen (secondary N) is 2. The Hall–Kier alpha value is -2.54. The first-order valence-electron chi connectivity index (χ1n) is 9.78. The average molecular weight is 384 g/mol. The van der Waals surface area contributed by atoms with Crippen LogP contribution >= 0.6 is 0 Å². The van der Waals surface area contributed by atoms with Gasteiger partial charge in [-0.05, 0) is 57.9 Å². The number of aryl methyl sites for hydroxylation is 2. The van der Waals surface area contributed by atoms with E-state index in [2.05, 4.69) is 20.6 Å². The molecule has 7 heteroatoms. The van der Waals surface area contributed by atoms with Crippen LogP contribution in [0.15, 0.2) is 24.5 Å². The molecule has 2 aliphatic rings. The molecule has 1 aromatic heterocycles. The van der Waals surface area contributed by atoms with Gasteiger partial charge < -0.3 is 15.4 Å². The van der Waals surface area contributed by atoms with E-state index in [0.717, 1.165) is 54.2 Å². The fourth-order valence-corrected chi connectivity index (χ4v) is 3.66. The van der Waals surface area contributed by atoms with Gasteiger partial charge in [0.1, 0.15) is 24.4 Å². The predicted octanol–water partition coefficient (Wildman–Crippen LogP) is 3.19. The van der Waals surface area contributed by atoms with Crippen molar-refractivity contribution in [1.82, 2.24) is 15.3 Å². The van der Waals surface area contributed by atoms with Crippen molar-refractivity contribution in [1.29, 1.82) is 0 Å². The molecule has 1 saturated heterocycles. The number of amides is 1. The van der Waals surface area contributed by atoms with E-state index in [9.17, 15) is 9.18 Å². The number of carbonyl (C=O) groups is 1. The maximum atomic E-state index is 13.2. The van der Waals surface area contributed by atoms with Crippen LogP contribution in [0.2, 0.25) is 0 Å². The summed E-state index contributed by atoms with van der Waals surface area (Å²) in [7, 11) is 0. The first-order chi connectivity index (χ1) is 13.5. The smallest absolute Gasteiger partial charge is 0.230 e. The fourth-order valence-electron chi connectivity index (χ4n) is 3.66. The molecule has 2 aromatic rings. The summed E-state index contributed by atoms with van der Waals surface area (Å²) in [5.74, 6) is -0.0694. The summed E-state index contributed by atoms with van der Waals surface area (Å²) in [6.45, 7) is 5.68. The number of anilines is 1.